The highest BCUT2D eigenvalue weighted by Crippen LogP contribution is 2.60. The van der Waals surface area contributed by atoms with Crippen LogP contribution < -0.4 is 0 Å². The molecule has 0 radical (unpaired) electrons. The van der Waals surface area contributed by atoms with Crippen LogP contribution in [0.2, 0.25) is 0 Å². The zero-order valence-electron chi connectivity index (χ0n) is 23.1. The van der Waals surface area contributed by atoms with Crippen molar-refractivity contribution in [1.29, 1.82) is 0 Å². The summed E-state index contributed by atoms with van der Waals surface area (Å²) in [5, 5.41) is 28.9. The van der Waals surface area contributed by atoms with E-state index in [0.29, 0.717) is 42.4 Å². The van der Waals surface area contributed by atoms with Crippen LogP contribution in [-0.2, 0) is 14.3 Å². The largest absolute Gasteiger partial charge is 0.481 e. The zero-order valence-corrected chi connectivity index (χ0v) is 23.1. The first-order valence-corrected chi connectivity index (χ1v) is 14.3. The third-order valence-corrected chi connectivity index (χ3v) is 9.43. The number of allylic oxidation sites excluding steroid dienone is 4. The number of ether oxygens (including phenoxy) is 1. The SMILES string of the molecule is C=C1CCC(O)(O)C/C1=C/C=C1\CCC[C@]2(C)[C@@H]([C@H](C)CCCC(C)CC(=O)OCCC(=O)O)CC[C@@H]12. The number of aliphatic carboxylic acids is 1. The average Bonchev–Trinajstić information content (AvgIpc) is 3.16. The standard InChI is InChI=1S/C31H48O6/c1-21(19-29(34)37-18-15-28(32)33)7-5-8-23(3)26-12-13-27-24(9-6-16-30(26,27)4)10-11-25-20-31(35,36)17-14-22(25)2/h10-11,21,23,26-27,35-36H,2,5-9,12-20H2,1,3-4H3,(H,32,33)/b24-10+,25-11-/t21?,23-,26-,27+,30-/m1/s1. The molecule has 3 aliphatic rings. The summed E-state index contributed by atoms with van der Waals surface area (Å²) in [5.74, 6) is -0.717. The van der Waals surface area contributed by atoms with Crippen LogP contribution in [-0.4, -0.2) is 39.7 Å². The third kappa shape index (κ3) is 8.03. The van der Waals surface area contributed by atoms with Gasteiger partial charge in [-0.1, -0.05) is 69.9 Å². The van der Waals surface area contributed by atoms with Gasteiger partial charge in [-0.05, 0) is 73.2 Å². The van der Waals surface area contributed by atoms with Gasteiger partial charge in [0.05, 0.1) is 6.42 Å². The van der Waals surface area contributed by atoms with Crippen molar-refractivity contribution < 1.29 is 29.6 Å². The average molecular weight is 517 g/mol. The molecule has 3 N–H and O–H groups in total. The molecule has 208 valence electrons. The minimum atomic E-state index is -1.61. The Morgan fingerprint density at radius 3 is 2.62 bits per heavy atom. The molecule has 0 aliphatic heterocycles. The lowest BCUT2D eigenvalue weighted by Gasteiger charge is -2.44. The number of carboxylic acids is 1. The summed E-state index contributed by atoms with van der Waals surface area (Å²) in [4.78, 5) is 22.5. The van der Waals surface area contributed by atoms with Gasteiger partial charge in [0, 0.05) is 19.3 Å². The highest BCUT2D eigenvalue weighted by Gasteiger charge is 2.50. The van der Waals surface area contributed by atoms with Crippen LogP contribution in [0.5, 0.6) is 0 Å². The normalized spacial score (nSPS) is 31.2. The predicted molar refractivity (Wildman–Crippen MR) is 145 cm³/mol. The maximum Gasteiger partial charge on any atom is 0.306 e. The minimum absolute atomic E-state index is 0.0503. The molecule has 6 heteroatoms. The molecule has 0 bridgehead atoms. The van der Waals surface area contributed by atoms with Gasteiger partial charge in [-0.3, -0.25) is 9.59 Å². The van der Waals surface area contributed by atoms with Crippen molar-refractivity contribution in [3.63, 3.8) is 0 Å². The number of hydrogen-bond donors (Lipinski definition) is 3. The molecule has 6 nitrogen and oxygen atoms in total. The number of carboxylic acid groups (broad SMARTS) is 1. The van der Waals surface area contributed by atoms with E-state index >= 15 is 0 Å². The van der Waals surface area contributed by atoms with Crippen molar-refractivity contribution in [3.05, 3.63) is 35.5 Å². The highest BCUT2D eigenvalue weighted by molar-refractivity contribution is 5.71. The highest BCUT2D eigenvalue weighted by atomic mass is 16.5. The summed E-state index contributed by atoms with van der Waals surface area (Å²) < 4.78 is 5.03. The third-order valence-electron chi connectivity index (χ3n) is 9.43. The summed E-state index contributed by atoms with van der Waals surface area (Å²) in [7, 11) is 0. The molecule has 0 aromatic carbocycles. The van der Waals surface area contributed by atoms with Crippen molar-refractivity contribution in [2.75, 3.05) is 6.61 Å². The van der Waals surface area contributed by atoms with Crippen molar-refractivity contribution in [2.24, 2.45) is 29.1 Å². The predicted octanol–water partition coefficient (Wildman–Crippen LogP) is 6.33. The van der Waals surface area contributed by atoms with Crippen molar-refractivity contribution in [2.45, 2.75) is 110 Å². The number of carbonyl (C=O) groups excluding carboxylic acids is 1. The fraction of sp³-hybridized carbons (Fsp3) is 0.742. The number of esters is 1. The van der Waals surface area contributed by atoms with Gasteiger partial charge in [0.15, 0.2) is 5.79 Å². The Morgan fingerprint density at radius 1 is 1.14 bits per heavy atom. The van der Waals surface area contributed by atoms with Crippen molar-refractivity contribution in [3.8, 4) is 0 Å². The molecular formula is C31H48O6. The summed E-state index contributed by atoms with van der Waals surface area (Å²) in [6.45, 7) is 11.1. The maximum absolute atomic E-state index is 11.9. The van der Waals surface area contributed by atoms with E-state index in [0.717, 1.165) is 36.8 Å². The number of hydrogen-bond acceptors (Lipinski definition) is 5. The second-order valence-electron chi connectivity index (χ2n) is 12.4. The first-order chi connectivity index (χ1) is 17.4. The second-order valence-corrected chi connectivity index (χ2v) is 12.4. The van der Waals surface area contributed by atoms with Crippen molar-refractivity contribution >= 4 is 11.9 Å². The molecule has 3 fully saturated rings. The van der Waals surface area contributed by atoms with E-state index in [4.69, 9.17) is 9.84 Å². The van der Waals surface area contributed by atoms with Crippen LogP contribution in [0.1, 0.15) is 104 Å². The zero-order chi connectivity index (χ0) is 27.2. The Balaban J connectivity index is 1.52. The van der Waals surface area contributed by atoms with Gasteiger partial charge in [-0.25, -0.2) is 0 Å². The Labute approximate surface area is 222 Å². The lowest BCUT2D eigenvalue weighted by Crippen LogP contribution is -2.36. The van der Waals surface area contributed by atoms with Gasteiger partial charge < -0.3 is 20.1 Å². The van der Waals surface area contributed by atoms with Gasteiger partial charge >= 0.3 is 11.9 Å². The van der Waals surface area contributed by atoms with E-state index in [-0.39, 0.29) is 31.3 Å². The van der Waals surface area contributed by atoms with Crippen LogP contribution in [0.15, 0.2) is 35.5 Å². The number of fused-ring (bicyclic) bond motifs is 1. The molecule has 0 spiro atoms. The van der Waals surface area contributed by atoms with Gasteiger partial charge in [0.25, 0.3) is 0 Å². The summed E-state index contributed by atoms with van der Waals surface area (Å²) in [6.07, 6.45) is 15.1. The molecule has 1 unspecified atom stereocenters. The molecule has 37 heavy (non-hydrogen) atoms. The number of carbonyl (C=O) groups is 2. The van der Waals surface area contributed by atoms with E-state index in [2.05, 4.69) is 39.5 Å². The summed E-state index contributed by atoms with van der Waals surface area (Å²) in [6, 6.07) is 0. The summed E-state index contributed by atoms with van der Waals surface area (Å²) >= 11 is 0. The Morgan fingerprint density at radius 2 is 1.89 bits per heavy atom. The topological polar surface area (TPSA) is 104 Å². The molecule has 3 rings (SSSR count). The molecule has 0 amide bonds. The molecular weight excluding hydrogens is 468 g/mol. The van der Waals surface area contributed by atoms with Crippen LogP contribution in [0.25, 0.3) is 0 Å². The second kappa shape index (κ2) is 12.8. The maximum atomic E-state index is 11.9. The number of rotatable bonds is 11. The fourth-order valence-electron chi connectivity index (χ4n) is 7.32. The molecule has 0 aromatic rings. The fourth-order valence-corrected chi connectivity index (χ4v) is 7.32. The lowest BCUT2D eigenvalue weighted by atomic mass is 9.60. The first-order valence-electron chi connectivity index (χ1n) is 14.3. The Bertz CT molecular complexity index is 899. The van der Waals surface area contributed by atoms with Gasteiger partial charge in [0.2, 0.25) is 0 Å². The van der Waals surface area contributed by atoms with Gasteiger partial charge in [-0.15, -0.1) is 0 Å². The molecule has 3 saturated carbocycles. The Kier molecular flexibility index (Phi) is 10.2. The molecule has 5 atom stereocenters. The molecule has 0 heterocycles. The van der Waals surface area contributed by atoms with Crippen LogP contribution >= 0.6 is 0 Å². The van der Waals surface area contributed by atoms with E-state index < -0.39 is 11.8 Å². The monoisotopic (exact) mass is 516 g/mol. The smallest absolute Gasteiger partial charge is 0.306 e. The quantitative estimate of drug-likeness (QED) is 0.219. The van der Waals surface area contributed by atoms with Gasteiger partial charge in [0.1, 0.15) is 6.61 Å². The number of aliphatic hydroxyl groups is 2. The van der Waals surface area contributed by atoms with Crippen molar-refractivity contribution in [1.82, 2.24) is 0 Å². The molecule has 0 saturated heterocycles. The van der Waals surface area contributed by atoms with E-state index in [1.165, 1.54) is 31.3 Å². The Hall–Kier alpha value is -1.92. The first kappa shape index (κ1) is 29.6. The summed E-state index contributed by atoms with van der Waals surface area (Å²) in [5.41, 5.74) is 3.82. The molecule has 0 aromatic heterocycles. The van der Waals surface area contributed by atoms with E-state index in [1.807, 2.05) is 0 Å². The lowest BCUT2D eigenvalue weighted by molar-refractivity contribution is -0.167. The van der Waals surface area contributed by atoms with E-state index in [1.54, 1.807) is 0 Å². The van der Waals surface area contributed by atoms with Crippen LogP contribution in [0.3, 0.4) is 0 Å². The van der Waals surface area contributed by atoms with Gasteiger partial charge in [-0.2, -0.15) is 0 Å². The van der Waals surface area contributed by atoms with Crippen LogP contribution in [0, 0.1) is 29.1 Å². The van der Waals surface area contributed by atoms with E-state index in [9.17, 15) is 19.8 Å². The van der Waals surface area contributed by atoms with Crippen LogP contribution in [0.4, 0.5) is 0 Å². The minimum Gasteiger partial charge on any atom is -0.481 e. The molecule has 3 aliphatic carbocycles.